The summed E-state index contributed by atoms with van der Waals surface area (Å²) in [6.45, 7) is 4.79. The molecule has 0 N–H and O–H groups in total. The molecule has 2 aromatic rings. The van der Waals surface area contributed by atoms with Gasteiger partial charge in [-0.2, -0.15) is 0 Å². The van der Waals surface area contributed by atoms with Gasteiger partial charge in [0, 0.05) is 51.0 Å². The van der Waals surface area contributed by atoms with Gasteiger partial charge in [-0.25, -0.2) is 4.39 Å². The summed E-state index contributed by atoms with van der Waals surface area (Å²) < 4.78 is 24.0. The lowest BCUT2D eigenvalue weighted by Crippen LogP contribution is -2.49. The Hall–Kier alpha value is -2.25. The number of piperazine rings is 1. The van der Waals surface area contributed by atoms with Gasteiger partial charge in [0.1, 0.15) is 12.4 Å². The van der Waals surface area contributed by atoms with Crippen LogP contribution in [0.2, 0.25) is 0 Å². The van der Waals surface area contributed by atoms with Crippen molar-refractivity contribution in [2.45, 2.75) is 19.6 Å². The van der Waals surface area contributed by atoms with E-state index in [1.807, 2.05) is 19.1 Å². The van der Waals surface area contributed by atoms with Crippen molar-refractivity contribution in [2.24, 2.45) is 0 Å². The molecular formula is C18H22FN3O3. The molecule has 0 spiro atoms. The minimum absolute atomic E-state index is 0.0289. The van der Waals surface area contributed by atoms with Gasteiger partial charge < -0.3 is 14.2 Å². The maximum Gasteiger partial charge on any atom is 0.276 e. The molecule has 0 saturated carbocycles. The van der Waals surface area contributed by atoms with Crippen LogP contribution in [0.4, 0.5) is 4.39 Å². The fraction of sp³-hybridized carbons (Fsp3) is 0.444. The molecule has 1 atom stereocenters. The zero-order valence-corrected chi connectivity index (χ0v) is 14.4. The van der Waals surface area contributed by atoms with Gasteiger partial charge in [-0.15, -0.1) is 0 Å². The molecule has 1 saturated heterocycles. The summed E-state index contributed by atoms with van der Waals surface area (Å²) in [6, 6.07) is 8.41. The number of amides is 1. The third kappa shape index (κ3) is 3.88. The van der Waals surface area contributed by atoms with Gasteiger partial charge >= 0.3 is 0 Å². The number of benzene rings is 1. The fourth-order valence-corrected chi connectivity index (χ4v) is 3.11. The van der Waals surface area contributed by atoms with Crippen molar-refractivity contribution in [2.75, 3.05) is 33.3 Å². The summed E-state index contributed by atoms with van der Waals surface area (Å²) in [5.74, 6) is 0.184. The van der Waals surface area contributed by atoms with Crippen LogP contribution in [0.25, 0.3) is 0 Å². The van der Waals surface area contributed by atoms with Gasteiger partial charge in [0.15, 0.2) is 11.5 Å². The van der Waals surface area contributed by atoms with Crippen LogP contribution in [-0.4, -0.2) is 54.2 Å². The molecule has 2 heterocycles. The quantitative estimate of drug-likeness (QED) is 0.832. The Balaban J connectivity index is 1.59. The van der Waals surface area contributed by atoms with Crippen molar-refractivity contribution in [3.05, 3.63) is 53.2 Å². The van der Waals surface area contributed by atoms with Crippen LogP contribution < -0.4 is 0 Å². The van der Waals surface area contributed by atoms with Crippen molar-refractivity contribution in [1.82, 2.24) is 15.0 Å². The molecule has 25 heavy (non-hydrogen) atoms. The molecule has 1 aromatic heterocycles. The van der Waals surface area contributed by atoms with E-state index in [0.717, 1.165) is 0 Å². The number of hydrogen-bond donors (Lipinski definition) is 0. The van der Waals surface area contributed by atoms with E-state index in [4.69, 9.17) is 9.26 Å². The number of aromatic nitrogens is 1. The van der Waals surface area contributed by atoms with Crippen LogP contribution in [0.3, 0.4) is 0 Å². The topological polar surface area (TPSA) is 58.8 Å². The molecule has 1 amide bonds. The van der Waals surface area contributed by atoms with Crippen LogP contribution in [0.1, 0.15) is 34.8 Å². The predicted octanol–water partition coefficient (Wildman–Crippen LogP) is 2.48. The maximum absolute atomic E-state index is 14.0. The molecule has 1 aliphatic heterocycles. The Morgan fingerprint density at radius 1 is 1.32 bits per heavy atom. The van der Waals surface area contributed by atoms with Crippen molar-refractivity contribution < 1.29 is 18.4 Å². The van der Waals surface area contributed by atoms with Crippen LogP contribution in [0.15, 0.2) is 34.9 Å². The second-order valence-corrected chi connectivity index (χ2v) is 6.14. The van der Waals surface area contributed by atoms with E-state index in [-0.39, 0.29) is 24.4 Å². The molecule has 0 radical (unpaired) electrons. The number of ether oxygens (including phenoxy) is 1. The summed E-state index contributed by atoms with van der Waals surface area (Å²) in [6.07, 6.45) is 0. The van der Waals surface area contributed by atoms with E-state index in [9.17, 15) is 9.18 Å². The smallest absolute Gasteiger partial charge is 0.276 e. The van der Waals surface area contributed by atoms with E-state index in [1.165, 1.54) is 6.07 Å². The number of rotatable bonds is 5. The van der Waals surface area contributed by atoms with E-state index in [1.54, 1.807) is 24.1 Å². The molecule has 7 heteroatoms. The van der Waals surface area contributed by atoms with Gasteiger partial charge in [-0.1, -0.05) is 23.4 Å². The largest absolute Gasteiger partial charge is 0.377 e. The first-order chi connectivity index (χ1) is 12.1. The van der Waals surface area contributed by atoms with Crippen molar-refractivity contribution in [1.29, 1.82) is 0 Å². The average Bonchev–Trinajstić information content (AvgIpc) is 3.10. The highest BCUT2D eigenvalue weighted by molar-refractivity contribution is 5.92. The summed E-state index contributed by atoms with van der Waals surface area (Å²) in [4.78, 5) is 16.4. The lowest BCUT2D eigenvalue weighted by Gasteiger charge is -2.38. The van der Waals surface area contributed by atoms with Crippen molar-refractivity contribution in [3.63, 3.8) is 0 Å². The van der Waals surface area contributed by atoms with Crippen LogP contribution >= 0.6 is 0 Å². The van der Waals surface area contributed by atoms with Gasteiger partial charge in [-0.05, 0) is 13.0 Å². The monoisotopic (exact) mass is 347 g/mol. The van der Waals surface area contributed by atoms with Crippen LogP contribution in [0.5, 0.6) is 0 Å². The molecule has 0 bridgehead atoms. The lowest BCUT2D eigenvalue weighted by molar-refractivity contribution is 0.0569. The van der Waals surface area contributed by atoms with E-state index >= 15 is 0 Å². The highest BCUT2D eigenvalue weighted by Gasteiger charge is 2.27. The van der Waals surface area contributed by atoms with E-state index < -0.39 is 0 Å². The summed E-state index contributed by atoms with van der Waals surface area (Å²) in [5, 5.41) is 3.81. The molecule has 1 aliphatic rings. The Morgan fingerprint density at radius 2 is 2.04 bits per heavy atom. The standard InChI is InChI=1S/C18H22FN3O3/c1-13(15-5-3-4-6-16(15)19)21-7-9-22(10-8-21)18(23)17-11-14(12-24-2)25-20-17/h3-6,11,13H,7-10,12H2,1-2H3/t13-/m1/s1. The van der Waals surface area contributed by atoms with Crippen LogP contribution in [0, 0.1) is 5.82 Å². The SMILES string of the molecule is COCc1cc(C(=O)N2CCN([C@H](C)c3ccccc3F)CC2)no1. The van der Waals surface area contributed by atoms with Gasteiger partial charge in [0.25, 0.3) is 5.91 Å². The molecule has 3 rings (SSSR count). The Labute approximate surface area is 146 Å². The number of nitrogens with zero attached hydrogens (tertiary/aromatic N) is 3. The van der Waals surface area contributed by atoms with Crippen molar-refractivity contribution in [3.8, 4) is 0 Å². The third-order valence-electron chi connectivity index (χ3n) is 4.57. The van der Waals surface area contributed by atoms with Crippen LogP contribution in [-0.2, 0) is 11.3 Å². The number of hydrogen-bond acceptors (Lipinski definition) is 5. The average molecular weight is 347 g/mol. The zero-order chi connectivity index (χ0) is 17.8. The first-order valence-corrected chi connectivity index (χ1v) is 8.32. The van der Waals surface area contributed by atoms with Crippen molar-refractivity contribution >= 4 is 5.91 Å². The predicted molar refractivity (Wildman–Crippen MR) is 89.5 cm³/mol. The van der Waals surface area contributed by atoms with Gasteiger partial charge in [0.2, 0.25) is 0 Å². The van der Waals surface area contributed by atoms with E-state index in [0.29, 0.717) is 43.2 Å². The number of halogens is 1. The number of carbonyl (C=O) groups excluding carboxylic acids is 1. The fourth-order valence-electron chi connectivity index (χ4n) is 3.11. The minimum Gasteiger partial charge on any atom is -0.377 e. The van der Waals surface area contributed by atoms with E-state index in [2.05, 4.69) is 10.1 Å². The number of carbonyl (C=O) groups is 1. The normalized spacial score (nSPS) is 16.8. The Kier molecular flexibility index (Phi) is 5.45. The second kappa shape index (κ2) is 7.76. The first kappa shape index (κ1) is 17.6. The van der Waals surface area contributed by atoms with Gasteiger partial charge in [-0.3, -0.25) is 9.69 Å². The highest BCUT2D eigenvalue weighted by atomic mass is 19.1. The molecule has 6 nitrogen and oxygen atoms in total. The van der Waals surface area contributed by atoms with Gasteiger partial charge in [0.05, 0.1) is 0 Å². The number of methoxy groups -OCH3 is 1. The maximum atomic E-state index is 14.0. The first-order valence-electron chi connectivity index (χ1n) is 8.32. The zero-order valence-electron chi connectivity index (χ0n) is 14.4. The third-order valence-corrected chi connectivity index (χ3v) is 4.57. The second-order valence-electron chi connectivity index (χ2n) is 6.14. The highest BCUT2D eigenvalue weighted by Crippen LogP contribution is 2.24. The molecule has 0 unspecified atom stereocenters. The molecule has 0 aliphatic carbocycles. The molecular weight excluding hydrogens is 325 g/mol. The summed E-state index contributed by atoms with van der Waals surface area (Å²) in [5.41, 5.74) is 0.977. The molecule has 1 aromatic carbocycles. The molecule has 134 valence electrons. The Morgan fingerprint density at radius 3 is 2.72 bits per heavy atom. The summed E-state index contributed by atoms with van der Waals surface area (Å²) in [7, 11) is 1.56. The molecule has 1 fully saturated rings. The summed E-state index contributed by atoms with van der Waals surface area (Å²) >= 11 is 0. The Bertz CT molecular complexity index is 726. The minimum atomic E-state index is -0.193. The lowest BCUT2D eigenvalue weighted by atomic mass is 10.1.